The lowest BCUT2D eigenvalue weighted by atomic mass is 9.82. The Hall–Kier alpha value is -2.30. The first-order valence-electron chi connectivity index (χ1n) is 13.8. The van der Waals surface area contributed by atoms with Crippen LogP contribution in [0, 0.1) is 11.8 Å². The van der Waals surface area contributed by atoms with Crippen LogP contribution in [0.1, 0.15) is 37.3 Å². The van der Waals surface area contributed by atoms with E-state index in [1.54, 1.807) is 30.1 Å². The lowest BCUT2D eigenvalue weighted by Crippen LogP contribution is -2.45. The smallest absolute Gasteiger partial charge is 0.264 e. The standard InChI is InChI=1S/C29H37ClFN3O4Si/c1-18-26(39(2,3)31)25(12-14-35)38-29(18)23-15-21(30)8-11-24(23)34(28(29)37)17-19-6-9-22(10-7-19)33-27(36)20-5-4-13-32-16-20/h6-11,15,18,20,25-26,32,35H,4-5,12-14,16-17H2,1-3H3,(H,33,36)/t18-,20?,25+,26-,29+/m0/s1. The molecule has 0 aliphatic carbocycles. The van der Waals surface area contributed by atoms with E-state index in [0.29, 0.717) is 28.5 Å². The summed E-state index contributed by atoms with van der Waals surface area (Å²) < 4.78 is 22.1. The largest absolute Gasteiger partial charge is 0.396 e. The molecule has 3 N–H and O–H groups in total. The Morgan fingerprint density at radius 2 is 2.03 bits per heavy atom. The minimum absolute atomic E-state index is 0.0103. The fourth-order valence-corrected chi connectivity index (χ4v) is 9.48. The first kappa shape index (κ1) is 28.2. The number of hydrogen-bond acceptors (Lipinski definition) is 5. The Morgan fingerprint density at radius 1 is 1.28 bits per heavy atom. The van der Waals surface area contributed by atoms with Crippen LogP contribution in [0.15, 0.2) is 42.5 Å². The van der Waals surface area contributed by atoms with Gasteiger partial charge in [0, 0.05) is 40.9 Å². The summed E-state index contributed by atoms with van der Waals surface area (Å²) in [6, 6.07) is 12.8. The molecule has 2 aromatic carbocycles. The highest BCUT2D eigenvalue weighted by Crippen LogP contribution is 2.60. The van der Waals surface area contributed by atoms with Gasteiger partial charge in [-0.3, -0.25) is 9.59 Å². The van der Waals surface area contributed by atoms with Gasteiger partial charge in [-0.15, -0.1) is 0 Å². The van der Waals surface area contributed by atoms with Crippen molar-refractivity contribution in [3.8, 4) is 0 Å². The Balaban J connectivity index is 1.41. The molecule has 0 aromatic heterocycles. The monoisotopic (exact) mass is 573 g/mol. The van der Waals surface area contributed by atoms with Gasteiger partial charge in [0.25, 0.3) is 5.91 Å². The van der Waals surface area contributed by atoms with Crippen molar-refractivity contribution in [3.05, 3.63) is 58.6 Å². The van der Waals surface area contributed by atoms with E-state index in [4.69, 9.17) is 16.3 Å². The molecule has 10 heteroatoms. The molecular formula is C29H37ClFN3O4Si. The maximum Gasteiger partial charge on any atom is 0.264 e. The Labute approximate surface area is 235 Å². The van der Waals surface area contributed by atoms with Crippen molar-refractivity contribution in [2.45, 2.75) is 63.1 Å². The summed E-state index contributed by atoms with van der Waals surface area (Å²) >= 11 is 6.40. The summed E-state index contributed by atoms with van der Waals surface area (Å²) in [5.74, 6) is -0.694. The summed E-state index contributed by atoms with van der Waals surface area (Å²) in [5, 5.41) is 16.4. The molecule has 5 atom stereocenters. The number of aliphatic hydroxyl groups is 1. The molecule has 0 bridgehead atoms. The number of rotatable bonds is 7. The van der Waals surface area contributed by atoms with Gasteiger partial charge in [-0.25, -0.2) is 0 Å². The number of carbonyl (C=O) groups is 2. The third kappa shape index (κ3) is 5.15. The van der Waals surface area contributed by atoms with Gasteiger partial charge in [-0.1, -0.05) is 30.7 Å². The van der Waals surface area contributed by atoms with Gasteiger partial charge < -0.3 is 29.5 Å². The fraction of sp³-hybridized carbons (Fsp3) is 0.517. The average molecular weight is 574 g/mol. The molecule has 2 amide bonds. The molecule has 3 aliphatic rings. The van der Waals surface area contributed by atoms with Crippen LogP contribution < -0.4 is 15.5 Å². The predicted molar refractivity (Wildman–Crippen MR) is 153 cm³/mol. The van der Waals surface area contributed by atoms with Crippen LogP contribution in [-0.2, 0) is 26.5 Å². The molecule has 7 nitrogen and oxygen atoms in total. The number of hydrogen-bond donors (Lipinski definition) is 3. The van der Waals surface area contributed by atoms with Gasteiger partial charge in [0.05, 0.1) is 24.3 Å². The Morgan fingerprint density at radius 3 is 2.67 bits per heavy atom. The zero-order valence-electron chi connectivity index (χ0n) is 22.7. The van der Waals surface area contributed by atoms with Crippen molar-refractivity contribution < 1.29 is 23.5 Å². The second-order valence-corrected chi connectivity index (χ2v) is 15.8. The zero-order valence-corrected chi connectivity index (χ0v) is 24.4. The molecule has 0 radical (unpaired) electrons. The molecular weight excluding hydrogens is 537 g/mol. The van der Waals surface area contributed by atoms with Gasteiger partial charge in [-0.05, 0) is 74.8 Å². The molecule has 3 heterocycles. The quantitative estimate of drug-likeness (QED) is 0.321. The van der Waals surface area contributed by atoms with Gasteiger partial charge in [0.1, 0.15) is 0 Å². The highest BCUT2D eigenvalue weighted by atomic mass is 35.5. The number of nitrogens with zero attached hydrogens (tertiary/aromatic N) is 1. The number of amides is 2. The zero-order chi connectivity index (χ0) is 27.9. The van der Waals surface area contributed by atoms with Crippen molar-refractivity contribution in [1.29, 1.82) is 0 Å². The summed E-state index contributed by atoms with van der Waals surface area (Å²) in [7, 11) is -3.25. The summed E-state index contributed by atoms with van der Waals surface area (Å²) in [6.45, 7) is 6.96. The number of aliphatic hydroxyl groups excluding tert-OH is 1. The van der Waals surface area contributed by atoms with Crippen LogP contribution in [0.2, 0.25) is 23.7 Å². The molecule has 3 aliphatic heterocycles. The van der Waals surface area contributed by atoms with E-state index in [9.17, 15) is 14.7 Å². The van der Waals surface area contributed by atoms with E-state index in [2.05, 4.69) is 10.6 Å². The Bertz CT molecular complexity index is 1230. The third-order valence-corrected chi connectivity index (χ3v) is 11.3. The van der Waals surface area contributed by atoms with Crippen LogP contribution in [0.25, 0.3) is 0 Å². The number of piperidine rings is 1. The second kappa shape index (κ2) is 10.9. The summed E-state index contributed by atoms with van der Waals surface area (Å²) in [4.78, 5) is 28.6. The van der Waals surface area contributed by atoms with E-state index in [0.717, 1.165) is 24.9 Å². The SMILES string of the molecule is C[C@H]1[C@H]([Si](C)(C)F)[C@@H](CCO)O[C@]12C(=O)N(Cc1ccc(NC(=O)C3CCCNC3)cc1)c1ccc(Cl)cc12. The van der Waals surface area contributed by atoms with Crippen molar-refractivity contribution in [2.24, 2.45) is 11.8 Å². The Kier molecular flexibility index (Phi) is 7.91. The fourth-order valence-electron chi connectivity index (χ4n) is 6.77. The topological polar surface area (TPSA) is 90.9 Å². The van der Waals surface area contributed by atoms with Gasteiger partial charge in [0.15, 0.2) is 5.60 Å². The minimum atomic E-state index is -3.25. The van der Waals surface area contributed by atoms with E-state index in [1.165, 1.54) is 0 Å². The first-order valence-corrected chi connectivity index (χ1v) is 17.1. The molecule has 5 rings (SSSR count). The van der Waals surface area contributed by atoms with Crippen LogP contribution in [-0.4, -0.2) is 51.1 Å². The maximum atomic E-state index is 15.6. The average Bonchev–Trinajstić information content (AvgIpc) is 3.32. The lowest BCUT2D eigenvalue weighted by Gasteiger charge is -2.31. The molecule has 39 heavy (non-hydrogen) atoms. The summed E-state index contributed by atoms with van der Waals surface area (Å²) in [5.41, 5.74) is 1.13. The van der Waals surface area contributed by atoms with Crippen molar-refractivity contribution in [3.63, 3.8) is 0 Å². The minimum Gasteiger partial charge on any atom is -0.396 e. The highest BCUT2D eigenvalue weighted by Gasteiger charge is 2.66. The van der Waals surface area contributed by atoms with Crippen molar-refractivity contribution >= 4 is 43.2 Å². The first-order chi connectivity index (χ1) is 18.6. The van der Waals surface area contributed by atoms with Crippen LogP contribution in [0.4, 0.5) is 15.5 Å². The molecule has 0 saturated carbocycles. The molecule has 2 aromatic rings. The molecule has 1 unspecified atom stereocenters. The van der Waals surface area contributed by atoms with E-state index >= 15 is 4.11 Å². The molecule has 2 fully saturated rings. The van der Waals surface area contributed by atoms with Crippen LogP contribution in [0.5, 0.6) is 0 Å². The van der Waals surface area contributed by atoms with Gasteiger partial charge in [0.2, 0.25) is 14.3 Å². The summed E-state index contributed by atoms with van der Waals surface area (Å²) in [6.07, 6.45) is 1.57. The predicted octanol–water partition coefficient (Wildman–Crippen LogP) is 4.98. The number of halogens is 2. The van der Waals surface area contributed by atoms with Crippen LogP contribution >= 0.6 is 11.6 Å². The van der Waals surface area contributed by atoms with Crippen LogP contribution in [0.3, 0.4) is 0 Å². The normalized spacial score (nSPS) is 28.7. The van der Waals surface area contributed by atoms with E-state index < -0.39 is 31.6 Å². The number of carbonyl (C=O) groups excluding carboxylic acids is 2. The lowest BCUT2D eigenvalue weighted by molar-refractivity contribution is -0.146. The van der Waals surface area contributed by atoms with Gasteiger partial charge in [-0.2, -0.15) is 0 Å². The number of benzene rings is 2. The van der Waals surface area contributed by atoms with E-state index in [1.807, 2.05) is 37.3 Å². The van der Waals surface area contributed by atoms with Gasteiger partial charge >= 0.3 is 0 Å². The van der Waals surface area contributed by atoms with Crippen molar-refractivity contribution in [1.82, 2.24) is 5.32 Å². The number of fused-ring (bicyclic) bond motifs is 2. The maximum absolute atomic E-state index is 15.6. The third-order valence-electron chi connectivity index (χ3n) is 8.57. The molecule has 2 saturated heterocycles. The highest BCUT2D eigenvalue weighted by molar-refractivity contribution is 6.72. The molecule has 1 spiro atoms. The number of ether oxygens (including phenoxy) is 1. The molecule has 210 valence electrons. The number of anilines is 2. The second-order valence-electron chi connectivity index (χ2n) is 11.6. The van der Waals surface area contributed by atoms with Crippen molar-refractivity contribution in [2.75, 3.05) is 29.9 Å². The number of nitrogens with one attached hydrogen (secondary N) is 2. The van der Waals surface area contributed by atoms with E-state index in [-0.39, 0.29) is 37.3 Å².